The lowest BCUT2D eigenvalue weighted by atomic mass is 9.98. The quantitative estimate of drug-likeness (QED) is 0.470. The summed E-state index contributed by atoms with van der Waals surface area (Å²) in [5, 5.41) is 0. The minimum atomic E-state index is 0.0786. The van der Waals surface area contributed by atoms with Crippen molar-refractivity contribution >= 4 is 0 Å². The maximum Gasteiger partial charge on any atom is 0.115 e. The van der Waals surface area contributed by atoms with Crippen LogP contribution < -0.4 is 0 Å². The highest BCUT2D eigenvalue weighted by atomic mass is 16.5. The van der Waals surface area contributed by atoms with Gasteiger partial charge >= 0.3 is 0 Å². The second-order valence-electron chi connectivity index (χ2n) is 4.23. The Morgan fingerprint density at radius 1 is 1.21 bits per heavy atom. The number of hydrogen-bond donors (Lipinski definition) is 0. The van der Waals surface area contributed by atoms with Crippen molar-refractivity contribution in [2.24, 2.45) is 0 Å². The first-order valence-corrected chi connectivity index (χ1v) is 5.69. The van der Waals surface area contributed by atoms with Crippen molar-refractivity contribution in [3.63, 3.8) is 0 Å². The second kappa shape index (κ2) is 4.68. The predicted octanol–water partition coefficient (Wildman–Crippen LogP) is 4.21. The van der Waals surface area contributed by atoms with Crippen LogP contribution in [0.1, 0.15) is 52.4 Å². The van der Waals surface area contributed by atoms with E-state index in [1.165, 1.54) is 25.7 Å². The van der Waals surface area contributed by atoms with Crippen LogP contribution in [0, 0.1) is 0 Å². The van der Waals surface area contributed by atoms with Crippen LogP contribution in [0.25, 0.3) is 0 Å². The summed E-state index contributed by atoms with van der Waals surface area (Å²) in [5.41, 5.74) is 1.11. The largest absolute Gasteiger partial charge is 0.488 e. The van der Waals surface area contributed by atoms with E-state index in [9.17, 15) is 0 Å². The molecule has 0 spiro atoms. The van der Waals surface area contributed by atoms with Gasteiger partial charge in [0.15, 0.2) is 0 Å². The number of rotatable bonds is 5. The van der Waals surface area contributed by atoms with E-state index < -0.39 is 0 Å². The van der Waals surface area contributed by atoms with Gasteiger partial charge in [0.2, 0.25) is 0 Å². The van der Waals surface area contributed by atoms with Crippen LogP contribution in [0.5, 0.6) is 0 Å². The molecule has 80 valence electrons. The van der Waals surface area contributed by atoms with Crippen molar-refractivity contribution in [2.45, 2.75) is 58.0 Å². The number of ether oxygens (including phenoxy) is 1. The van der Waals surface area contributed by atoms with Gasteiger partial charge in [-0.2, -0.15) is 0 Å². The number of hydrogen-bond acceptors (Lipinski definition) is 1. The molecule has 0 atom stereocenters. The molecule has 1 nitrogen and oxygen atoms in total. The molecule has 1 heteroatoms. The molecule has 1 fully saturated rings. The Hall–Kier alpha value is -0.720. The van der Waals surface area contributed by atoms with Crippen molar-refractivity contribution in [1.82, 2.24) is 0 Å². The van der Waals surface area contributed by atoms with Gasteiger partial charge in [0.05, 0.1) is 0 Å². The summed E-state index contributed by atoms with van der Waals surface area (Å²) < 4.78 is 6.01. The molecule has 14 heavy (non-hydrogen) atoms. The van der Waals surface area contributed by atoms with Crippen LogP contribution in [0.2, 0.25) is 0 Å². The summed E-state index contributed by atoms with van der Waals surface area (Å²) >= 11 is 0. The molecule has 0 saturated heterocycles. The molecule has 1 aliphatic rings. The second-order valence-corrected chi connectivity index (χ2v) is 4.23. The molecule has 0 unspecified atom stereocenters. The van der Waals surface area contributed by atoms with Crippen LogP contribution in [0.15, 0.2) is 24.5 Å². The van der Waals surface area contributed by atoms with E-state index in [1.807, 2.05) is 0 Å². The maximum atomic E-state index is 6.01. The molecular formula is C13H22O. The van der Waals surface area contributed by atoms with Crippen LogP contribution in [0.4, 0.5) is 0 Å². The minimum absolute atomic E-state index is 0.0786. The molecular weight excluding hydrogens is 172 g/mol. The third-order valence-corrected chi connectivity index (χ3v) is 3.32. The molecule has 0 aromatic heterocycles. The summed E-state index contributed by atoms with van der Waals surface area (Å²) in [4.78, 5) is 0. The lowest BCUT2D eigenvalue weighted by Crippen LogP contribution is -2.27. The van der Waals surface area contributed by atoms with Crippen LogP contribution >= 0.6 is 0 Å². The summed E-state index contributed by atoms with van der Waals surface area (Å²) in [6.07, 6.45) is 6.96. The fourth-order valence-corrected chi connectivity index (χ4v) is 2.08. The highest BCUT2D eigenvalue weighted by Gasteiger charge is 2.34. The maximum absolute atomic E-state index is 6.01. The van der Waals surface area contributed by atoms with Gasteiger partial charge in [0, 0.05) is 0 Å². The molecule has 0 aliphatic heterocycles. The van der Waals surface area contributed by atoms with E-state index >= 15 is 0 Å². The zero-order chi connectivity index (χ0) is 10.6. The molecule has 0 N–H and O–H groups in total. The van der Waals surface area contributed by atoms with Gasteiger partial charge in [0.1, 0.15) is 11.4 Å². The van der Waals surface area contributed by atoms with Crippen LogP contribution in [-0.2, 0) is 4.74 Å². The predicted molar refractivity (Wildman–Crippen MR) is 61.1 cm³/mol. The smallest absolute Gasteiger partial charge is 0.115 e. The topological polar surface area (TPSA) is 9.23 Å². The summed E-state index contributed by atoms with van der Waals surface area (Å²) in [6.45, 7) is 12.2. The normalized spacial score (nSPS) is 19.3. The average molecular weight is 194 g/mol. The molecule has 0 heterocycles. The molecule has 1 rings (SSSR count). The third-order valence-electron chi connectivity index (χ3n) is 3.32. The average Bonchev–Trinajstić information content (AvgIpc) is 2.65. The molecule has 0 aromatic rings. The fourth-order valence-electron chi connectivity index (χ4n) is 2.08. The Kier molecular flexibility index (Phi) is 3.79. The van der Waals surface area contributed by atoms with E-state index in [4.69, 9.17) is 4.74 Å². The zero-order valence-electron chi connectivity index (χ0n) is 9.57. The van der Waals surface area contributed by atoms with Crippen molar-refractivity contribution in [3.8, 4) is 0 Å². The molecule has 1 saturated carbocycles. The highest BCUT2D eigenvalue weighted by Crippen LogP contribution is 2.38. The zero-order valence-corrected chi connectivity index (χ0v) is 9.57. The van der Waals surface area contributed by atoms with Gasteiger partial charge in [-0.1, -0.05) is 27.0 Å². The van der Waals surface area contributed by atoms with Gasteiger partial charge in [-0.25, -0.2) is 0 Å². The Labute approximate surface area is 87.8 Å². The van der Waals surface area contributed by atoms with Crippen molar-refractivity contribution in [1.29, 1.82) is 0 Å². The lowest BCUT2D eigenvalue weighted by molar-refractivity contribution is 0.00881. The molecule has 1 aliphatic carbocycles. The molecule has 0 radical (unpaired) electrons. The van der Waals surface area contributed by atoms with Crippen molar-refractivity contribution < 1.29 is 4.74 Å². The molecule has 0 aromatic carbocycles. The van der Waals surface area contributed by atoms with E-state index in [0.29, 0.717) is 0 Å². The first-order valence-electron chi connectivity index (χ1n) is 5.69. The summed E-state index contributed by atoms with van der Waals surface area (Å²) in [7, 11) is 0. The fraction of sp³-hybridized carbons (Fsp3) is 0.692. The molecule has 0 amide bonds. The Balaban J connectivity index is 2.56. The molecule has 0 bridgehead atoms. The first-order chi connectivity index (χ1) is 6.63. The Morgan fingerprint density at radius 3 is 2.21 bits per heavy atom. The third kappa shape index (κ3) is 2.40. The van der Waals surface area contributed by atoms with Crippen molar-refractivity contribution in [3.05, 3.63) is 24.5 Å². The van der Waals surface area contributed by atoms with Gasteiger partial charge in [0.25, 0.3) is 0 Å². The minimum Gasteiger partial charge on any atom is -0.488 e. The van der Waals surface area contributed by atoms with Gasteiger partial charge < -0.3 is 4.74 Å². The van der Waals surface area contributed by atoms with Crippen LogP contribution in [-0.4, -0.2) is 5.60 Å². The Bertz CT molecular complexity index is 221. The first kappa shape index (κ1) is 11.4. The number of allylic oxidation sites excluding steroid dienone is 1. The van der Waals surface area contributed by atoms with Crippen LogP contribution in [0.3, 0.4) is 0 Å². The Morgan fingerprint density at radius 2 is 1.79 bits per heavy atom. The summed E-state index contributed by atoms with van der Waals surface area (Å²) in [6, 6.07) is 0. The summed E-state index contributed by atoms with van der Waals surface area (Å²) in [5.74, 6) is 0.802. The van der Waals surface area contributed by atoms with E-state index in [2.05, 4.69) is 27.0 Å². The van der Waals surface area contributed by atoms with E-state index in [-0.39, 0.29) is 5.60 Å². The highest BCUT2D eigenvalue weighted by molar-refractivity contribution is 5.19. The van der Waals surface area contributed by atoms with Gasteiger partial charge in [-0.15, -0.1) is 0 Å². The van der Waals surface area contributed by atoms with Crippen molar-refractivity contribution in [2.75, 3.05) is 0 Å². The standard InChI is InChI=1S/C13H22O/c1-5-11(3)12(4)14-13(6-2)9-7-8-10-13/h3-10H2,1-2H3. The van der Waals surface area contributed by atoms with E-state index in [0.717, 1.165) is 24.2 Å². The van der Waals surface area contributed by atoms with Gasteiger partial charge in [-0.3, -0.25) is 0 Å². The van der Waals surface area contributed by atoms with E-state index in [1.54, 1.807) is 0 Å². The monoisotopic (exact) mass is 194 g/mol. The van der Waals surface area contributed by atoms with Gasteiger partial charge in [-0.05, 0) is 44.1 Å². The SMILES string of the molecule is C=C(CC)C(=C)OC1(CC)CCCC1. The lowest BCUT2D eigenvalue weighted by Gasteiger charge is -2.30.